The third-order valence-electron chi connectivity index (χ3n) is 2.54. The van der Waals surface area contributed by atoms with Gasteiger partial charge < -0.3 is 14.8 Å². The molecule has 1 unspecified atom stereocenters. The molecule has 0 fully saturated rings. The Hall–Kier alpha value is -1.49. The molecule has 16 heavy (non-hydrogen) atoms. The molecule has 1 N–H and O–H groups in total. The number of fused-ring (bicyclic) bond motifs is 1. The van der Waals surface area contributed by atoms with Gasteiger partial charge in [0.1, 0.15) is 0 Å². The number of benzene rings is 1. The summed E-state index contributed by atoms with van der Waals surface area (Å²) in [5.41, 5.74) is 0.582. The second-order valence-corrected chi connectivity index (χ2v) is 3.64. The molecule has 2 radical (unpaired) electrons. The monoisotopic (exact) mass is 217 g/mol. The second-order valence-electron chi connectivity index (χ2n) is 3.64. The van der Waals surface area contributed by atoms with Crippen LogP contribution in [0.4, 0.5) is 0 Å². The number of ketones is 1. The van der Waals surface area contributed by atoms with E-state index in [4.69, 9.17) is 17.3 Å². The first-order valence-corrected chi connectivity index (χ1v) is 5.06. The maximum absolute atomic E-state index is 11.9. The fourth-order valence-corrected chi connectivity index (χ4v) is 1.51. The minimum atomic E-state index is -0.776. The van der Waals surface area contributed by atoms with Crippen LogP contribution in [-0.2, 0) is 0 Å². The number of ether oxygens (including phenoxy) is 2. The third-order valence-corrected chi connectivity index (χ3v) is 2.54. The molecule has 1 aromatic rings. The second kappa shape index (κ2) is 4.18. The minimum absolute atomic E-state index is 0.00868. The van der Waals surface area contributed by atoms with Crippen LogP contribution in [0.3, 0.4) is 0 Å². The minimum Gasteiger partial charge on any atom is -0.461 e. The molecule has 1 aliphatic rings. The molecule has 2 atom stereocenters. The summed E-state index contributed by atoms with van der Waals surface area (Å²) >= 11 is 0. The van der Waals surface area contributed by atoms with Crippen molar-refractivity contribution in [2.75, 3.05) is 7.05 Å². The molecule has 0 saturated heterocycles. The van der Waals surface area contributed by atoms with E-state index in [0.717, 1.165) is 0 Å². The Morgan fingerprint density at radius 1 is 1.44 bits per heavy atom. The number of rotatable bonds is 3. The van der Waals surface area contributed by atoms with Gasteiger partial charge in [0.15, 0.2) is 31.3 Å². The van der Waals surface area contributed by atoms with Crippen molar-refractivity contribution in [3.8, 4) is 11.5 Å². The number of carbonyl (C=O) groups is 1. The van der Waals surface area contributed by atoms with Crippen LogP contribution in [0.1, 0.15) is 17.3 Å². The summed E-state index contributed by atoms with van der Waals surface area (Å²) in [6.45, 7) is 1.80. The van der Waals surface area contributed by atoms with Gasteiger partial charge in [-0.15, -0.1) is 0 Å². The molecule has 0 bridgehead atoms. The molecular formula is C11H12BNO3. The van der Waals surface area contributed by atoms with E-state index in [9.17, 15) is 4.79 Å². The van der Waals surface area contributed by atoms with Crippen LogP contribution in [-0.4, -0.2) is 32.9 Å². The van der Waals surface area contributed by atoms with E-state index >= 15 is 0 Å². The summed E-state index contributed by atoms with van der Waals surface area (Å²) in [4.78, 5) is 11.9. The van der Waals surface area contributed by atoms with Crippen molar-refractivity contribution >= 4 is 13.6 Å². The maximum Gasteiger partial charge on any atom is 0.189 e. The molecule has 2 rings (SSSR count). The Morgan fingerprint density at radius 2 is 2.12 bits per heavy atom. The molecule has 0 aromatic heterocycles. The van der Waals surface area contributed by atoms with Crippen molar-refractivity contribution in [3.05, 3.63) is 23.8 Å². The molecular weight excluding hydrogens is 205 g/mol. The predicted molar refractivity (Wildman–Crippen MR) is 60.1 cm³/mol. The van der Waals surface area contributed by atoms with Gasteiger partial charge >= 0.3 is 0 Å². The Balaban J connectivity index is 2.26. The van der Waals surface area contributed by atoms with Crippen LogP contribution in [0.2, 0.25) is 0 Å². The lowest BCUT2D eigenvalue weighted by molar-refractivity contribution is 0.0954. The fourth-order valence-electron chi connectivity index (χ4n) is 1.51. The van der Waals surface area contributed by atoms with Gasteiger partial charge in [-0.2, -0.15) is 0 Å². The van der Waals surface area contributed by atoms with Gasteiger partial charge in [-0.1, -0.05) is 0 Å². The first-order chi connectivity index (χ1) is 7.61. The first kappa shape index (κ1) is 11.0. The predicted octanol–water partition coefficient (Wildman–Crippen LogP) is 0.700. The summed E-state index contributed by atoms with van der Waals surface area (Å²) in [5, 5.41) is 2.89. The normalized spacial score (nSPS) is 19.5. The highest BCUT2D eigenvalue weighted by Crippen LogP contribution is 2.34. The van der Waals surface area contributed by atoms with Gasteiger partial charge in [-0.25, -0.2) is 0 Å². The van der Waals surface area contributed by atoms with Crippen molar-refractivity contribution in [1.29, 1.82) is 0 Å². The molecule has 0 aliphatic carbocycles. The third kappa shape index (κ3) is 1.90. The standard InChI is InChI=1S/C11H12BNO3/c1-6(13-2)10(14)7-3-4-8-9(5-7)16-11(12)15-8/h3-6,11,13H,1-2H3/t6-,11?/m1/s1. The topological polar surface area (TPSA) is 47.6 Å². The number of hydrogen-bond donors (Lipinski definition) is 1. The summed E-state index contributed by atoms with van der Waals surface area (Å²) in [5.74, 6) is 1.09. The highest BCUT2D eigenvalue weighted by atomic mass is 16.7. The van der Waals surface area contributed by atoms with Gasteiger partial charge in [0.25, 0.3) is 0 Å². The number of carbonyl (C=O) groups excluding carboxylic acids is 1. The van der Waals surface area contributed by atoms with Crippen molar-refractivity contribution in [1.82, 2.24) is 5.32 Å². The van der Waals surface area contributed by atoms with Gasteiger partial charge in [-0.05, 0) is 32.2 Å². The molecule has 82 valence electrons. The van der Waals surface area contributed by atoms with E-state index in [0.29, 0.717) is 17.1 Å². The SMILES string of the molecule is [B]C1Oc2ccc(C(=O)[C@@H](C)NC)cc2O1. The lowest BCUT2D eigenvalue weighted by atomic mass is 10.1. The lowest BCUT2D eigenvalue weighted by Gasteiger charge is -2.09. The Kier molecular flexibility index (Phi) is 2.87. The largest absolute Gasteiger partial charge is 0.461 e. The smallest absolute Gasteiger partial charge is 0.189 e. The molecule has 0 spiro atoms. The quantitative estimate of drug-likeness (QED) is 0.598. The number of hydrogen-bond acceptors (Lipinski definition) is 4. The Labute approximate surface area is 95.3 Å². The van der Waals surface area contributed by atoms with Gasteiger partial charge in [0.2, 0.25) is 0 Å². The summed E-state index contributed by atoms with van der Waals surface area (Å²) in [6, 6.07) is 4.82. The van der Waals surface area contributed by atoms with E-state index in [-0.39, 0.29) is 11.8 Å². The van der Waals surface area contributed by atoms with E-state index in [1.807, 2.05) is 0 Å². The molecule has 4 nitrogen and oxygen atoms in total. The van der Waals surface area contributed by atoms with Crippen molar-refractivity contribution in [3.63, 3.8) is 0 Å². The first-order valence-electron chi connectivity index (χ1n) is 5.06. The molecule has 1 heterocycles. The summed E-state index contributed by atoms with van der Waals surface area (Å²) < 4.78 is 10.4. The number of Topliss-reactive ketones (excluding diaryl/α,β-unsaturated/α-hetero) is 1. The molecule has 1 aromatic carbocycles. The average Bonchev–Trinajstić information content (AvgIpc) is 2.65. The van der Waals surface area contributed by atoms with Gasteiger partial charge in [-0.3, -0.25) is 4.79 Å². The van der Waals surface area contributed by atoms with E-state index in [1.165, 1.54) is 0 Å². The number of likely N-dealkylation sites (N-methyl/N-ethyl adjacent to an activating group) is 1. The van der Waals surface area contributed by atoms with Crippen LogP contribution < -0.4 is 14.8 Å². The highest BCUT2D eigenvalue weighted by Gasteiger charge is 2.22. The van der Waals surface area contributed by atoms with Gasteiger partial charge in [0, 0.05) is 5.56 Å². The Bertz CT molecular complexity index is 422. The molecule has 5 heteroatoms. The van der Waals surface area contributed by atoms with E-state index < -0.39 is 6.19 Å². The van der Waals surface area contributed by atoms with E-state index in [1.54, 1.807) is 32.2 Å². The van der Waals surface area contributed by atoms with Crippen molar-refractivity contribution in [2.24, 2.45) is 0 Å². The summed E-state index contributed by atoms with van der Waals surface area (Å²) in [7, 11) is 7.20. The van der Waals surface area contributed by atoms with Crippen LogP contribution in [0.25, 0.3) is 0 Å². The van der Waals surface area contributed by atoms with Crippen molar-refractivity contribution < 1.29 is 14.3 Å². The van der Waals surface area contributed by atoms with Crippen LogP contribution in [0.15, 0.2) is 18.2 Å². The van der Waals surface area contributed by atoms with Crippen LogP contribution in [0.5, 0.6) is 11.5 Å². The Morgan fingerprint density at radius 3 is 2.81 bits per heavy atom. The highest BCUT2D eigenvalue weighted by molar-refractivity contribution is 6.10. The summed E-state index contributed by atoms with van der Waals surface area (Å²) in [6.07, 6.45) is -0.776. The zero-order chi connectivity index (χ0) is 11.7. The molecule has 1 aliphatic heterocycles. The lowest BCUT2D eigenvalue weighted by Crippen LogP contribution is -2.30. The van der Waals surface area contributed by atoms with Gasteiger partial charge in [0.05, 0.1) is 6.04 Å². The van der Waals surface area contributed by atoms with Crippen LogP contribution >= 0.6 is 0 Å². The average molecular weight is 217 g/mol. The zero-order valence-corrected chi connectivity index (χ0v) is 9.19. The fraction of sp³-hybridized carbons (Fsp3) is 0.364. The van der Waals surface area contributed by atoms with Crippen molar-refractivity contribution in [2.45, 2.75) is 19.2 Å². The van der Waals surface area contributed by atoms with E-state index in [2.05, 4.69) is 5.32 Å². The maximum atomic E-state index is 11.9. The molecule has 0 saturated carbocycles. The van der Waals surface area contributed by atoms with Crippen LogP contribution in [0, 0.1) is 0 Å². The molecule has 0 amide bonds. The zero-order valence-electron chi connectivity index (χ0n) is 9.19. The number of nitrogens with one attached hydrogen (secondary N) is 1.